The third kappa shape index (κ3) is 2.71. The molecule has 3 atom stereocenters. The fourth-order valence-electron chi connectivity index (χ4n) is 6.65. The van der Waals surface area contributed by atoms with Crippen LogP contribution in [0.25, 0.3) is 22.2 Å². The molecule has 0 spiro atoms. The molecule has 2 aromatic carbocycles. The minimum absolute atomic E-state index is 0.0180. The van der Waals surface area contributed by atoms with E-state index in [1.807, 2.05) is 6.07 Å². The summed E-state index contributed by atoms with van der Waals surface area (Å²) in [5, 5.41) is 1.15. The first-order valence-corrected chi connectivity index (χ1v) is 11.7. The Morgan fingerprint density at radius 3 is 2.56 bits per heavy atom. The number of aromatic amines is 1. The molecule has 2 aliphatic carbocycles. The van der Waals surface area contributed by atoms with E-state index in [-0.39, 0.29) is 17.3 Å². The molecular weight excluding hydrogens is 398 g/mol. The number of ether oxygens (including phenoxy) is 2. The summed E-state index contributed by atoms with van der Waals surface area (Å²) < 4.78 is 11.0. The molecule has 1 saturated carbocycles. The van der Waals surface area contributed by atoms with E-state index in [0.717, 1.165) is 41.6 Å². The molecule has 1 N–H and O–H groups in total. The Morgan fingerprint density at radius 2 is 1.88 bits per heavy atom. The Morgan fingerprint density at radius 1 is 1.09 bits per heavy atom. The molecule has 2 aliphatic rings. The Hall–Kier alpha value is -2.75. The minimum atomic E-state index is -0.594. The van der Waals surface area contributed by atoms with Gasteiger partial charge in [0.15, 0.2) is 0 Å². The van der Waals surface area contributed by atoms with Crippen LogP contribution < -0.4 is 4.74 Å². The number of fused-ring (bicyclic) bond motifs is 8. The van der Waals surface area contributed by atoms with E-state index in [1.54, 1.807) is 7.11 Å². The number of hydrogen-bond acceptors (Lipinski definition) is 3. The van der Waals surface area contributed by atoms with Crippen LogP contribution in [0.5, 0.6) is 5.75 Å². The number of esters is 1. The van der Waals surface area contributed by atoms with Crippen molar-refractivity contribution in [2.24, 2.45) is 5.41 Å². The topological polar surface area (TPSA) is 51.3 Å². The third-order valence-corrected chi connectivity index (χ3v) is 8.25. The molecule has 0 unspecified atom stereocenters. The SMILES string of the molecule is COC(=O)[C@]1(C)CCC[C@]2(C)c3ccc(C(C)C)cc3-c3[nH]c4ccc(OC)cc4c3[C@@H]12. The minimum Gasteiger partial charge on any atom is -0.497 e. The highest BCUT2D eigenvalue weighted by molar-refractivity contribution is 5.96. The van der Waals surface area contributed by atoms with Crippen LogP contribution in [-0.2, 0) is 14.9 Å². The van der Waals surface area contributed by atoms with Crippen molar-refractivity contribution in [1.82, 2.24) is 4.98 Å². The lowest BCUT2D eigenvalue weighted by atomic mass is 9.49. The quantitative estimate of drug-likeness (QED) is 0.470. The summed E-state index contributed by atoms with van der Waals surface area (Å²) in [5.74, 6) is 1.19. The van der Waals surface area contributed by atoms with Crippen molar-refractivity contribution in [3.8, 4) is 17.0 Å². The number of benzene rings is 2. The molecule has 168 valence electrons. The van der Waals surface area contributed by atoms with Gasteiger partial charge in [-0.05, 0) is 66.6 Å². The average molecular weight is 432 g/mol. The first-order chi connectivity index (χ1) is 15.2. The predicted molar refractivity (Wildman–Crippen MR) is 128 cm³/mol. The van der Waals surface area contributed by atoms with Crippen molar-refractivity contribution in [2.45, 2.75) is 64.2 Å². The lowest BCUT2D eigenvalue weighted by Crippen LogP contribution is -2.50. The van der Waals surface area contributed by atoms with Gasteiger partial charge in [0.25, 0.3) is 0 Å². The molecule has 3 aromatic rings. The number of carbonyl (C=O) groups excluding carboxylic acids is 1. The second kappa shape index (κ2) is 7.13. The van der Waals surface area contributed by atoms with E-state index in [1.165, 1.54) is 29.4 Å². The number of H-pyrrole nitrogens is 1. The molecule has 0 bridgehead atoms. The third-order valence-electron chi connectivity index (χ3n) is 8.25. The van der Waals surface area contributed by atoms with Crippen molar-refractivity contribution in [1.29, 1.82) is 0 Å². The van der Waals surface area contributed by atoms with Gasteiger partial charge in [0.1, 0.15) is 5.75 Å². The lowest BCUT2D eigenvalue weighted by Gasteiger charge is -2.54. The fourth-order valence-corrected chi connectivity index (χ4v) is 6.65. The predicted octanol–water partition coefficient (Wildman–Crippen LogP) is 6.69. The Bertz CT molecular complexity index is 1220. The van der Waals surface area contributed by atoms with Crippen LogP contribution in [0.2, 0.25) is 0 Å². The zero-order chi connectivity index (χ0) is 22.8. The first-order valence-electron chi connectivity index (χ1n) is 11.7. The zero-order valence-corrected chi connectivity index (χ0v) is 20.0. The Balaban J connectivity index is 1.90. The molecule has 4 heteroatoms. The van der Waals surface area contributed by atoms with Gasteiger partial charge in [-0.15, -0.1) is 0 Å². The van der Waals surface area contributed by atoms with Crippen LogP contribution in [0.15, 0.2) is 36.4 Å². The van der Waals surface area contributed by atoms with E-state index in [2.05, 4.69) is 63.0 Å². The number of methoxy groups -OCH3 is 2. The van der Waals surface area contributed by atoms with E-state index < -0.39 is 5.41 Å². The van der Waals surface area contributed by atoms with Crippen LogP contribution in [0.4, 0.5) is 0 Å². The highest BCUT2D eigenvalue weighted by Gasteiger charge is 2.58. The van der Waals surface area contributed by atoms with Crippen molar-refractivity contribution in [3.63, 3.8) is 0 Å². The number of hydrogen-bond donors (Lipinski definition) is 1. The van der Waals surface area contributed by atoms with Crippen molar-refractivity contribution in [3.05, 3.63) is 53.1 Å². The van der Waals surface area contributed by atoms with Gasteiger partial charge in [0.05, 0.1) is 25.3 Å². The van der Waals surface area contributed by atoms with Crippen molar-refractivity contribution in [2.75, 3.05) is 14.2 Å². The molecular formula is C28H33NO3. The second-order valence-electron chi connectivity index (χ2n) is 10.4. The summed E-state index contributed by atoms with van der Waals surface area (Å²) in [6, 6.07) is 13.2. The molecule has 1 aromatic heterocycles. The van der Waals surface area contributed by atoms with Crippen LogP contribution in [-0.4, -0.2) is 25.2 Å². The summed E-state index contributed by atoms with van der Waals surface area (Å²) >= 11 is 0. The monoisotopic (exact) mass is 431 g/mol. The largest absolute Gasteiger partial charge is 0.497 e. The normalized spacial score (nSPS) is 26.4. The molecule has 0 amide bonds. The number of nitrogens with one attached hydrogen (secondary N) is 1. The first kappa shape index (κ1) is 21.1. The summed E-state index contributed by atoms with van der Waals surface area (Å²) in [7, 11) is 3.22. The standard InChI is InChI=1S/C28H33NO3/c1-16(2)17-8-10-21-19(14-17)24-23(20-15-18(31-5)9-11-22(20)29-24)25-27(21,3)12-7-13-28(25,4)26(30)32-6/h8-11,14-16,25,29H,7,12-13H2,1-6H3/t25-,27-,28-/m1/s1. The molecule has 5 rings (SSSR count). The van der Waals surface area contributed by atoms with Gasteiger partial charge in [-0.2, -0.15) is 0 Å². The summed E-state index contributed by atoms with van der Waals surface area (Å²) in [6.07, 6.45) is 2.88. The summed E-state index contributed by atoms with van der Waals surface area (Å²) in [5.41, 5.74) is 6.66. The van der Waals surface area contributed by atoms with Gasteiger partial charge < -0.3 is 14.5 Å². The van der Waals surface area contributed by atoms with Gasteiger partial charge in [-0.1, -0.05) is 39.3 Å². The van der Waals surface area contributed by atoms with Crippen LogP contribution in [0, 0.1) is 5.41 Å². The van der Waals surface area contributed by atoms with E-state index in [0.29, 0.717) is 5.92 Å². The molecule has 0 radical (unpaired) electrons. The molecule has 1 fully saturated rings. The maximum atomic E-state index is 13.3. The van der Waals surface area contributed by atoms with E-state index in [4.69, 9.17) is 9.47 Å². The number of rotatable bonds is 3. The molecule has 32 heavy (non-hydrogen) atoms. The summed E-state index contributed by atoms with van der Waals surface area (Å²) in [6.45, 7) is 8.94. The fraction of sp³-hybridized carbons (Fsp3) is 0.464. The molecule has 1 heterocycles. The summed E-state index contributed by atoms with van der Waals surface area (Å²) in [4.78, 5) is 17.0. The maximum absolute atomic E-state index is 13.3. The van der Waals surface area contributed by atoms with E-state index in [9.17, 15) is 4.79 Å². The maximum Gasteiger partial charge on any atom is 0.312 e. The van der Waals surface area contributed by atoms with Gasteiger partial charge >= 0.3 is 5.97 Å². The molecule has 0 aliphatic heterocycles. The van der Waals surface area contributed by atoms with Crippen molar-refractivity contribution < 1.29 is 14.3 Å². The molecule has 0 saturated heterocycles. The lowest BCUT2D eigenvalue weighted by molar-refractivity contribution is -0.157. The van der Waals surface area contributed by atoms with E-state index >= 15 is 0 Å². The highest BCUT2D eigenvalue weighted by atomic mass is 16.5. The molecule has 4 nitrogen and oxygen atoms in total. The highest BCUT2D eigenvalue weighted by Crippen LogP contribution is 2.64. The second-order valence-corrected chi connectivity index (χ2v) is 10.4. The van der Waals surface area contributed by atoms with Crippen LogP contribution in [0.1, 0.15) is 75.5 Å². The van der Waals surface area contributed by atoms with Gasteiger partial charge in [-0.25, -0.2) is 0 Å². The zero-order valence-electron chi connectivity index (χ0n) is 20.0. The smallest absolute Gasteiger partial charge is 0.312 e. The Kier molecular flexibility index (Phi) is 4.70. The average Bonchev–Trinajstić information content (AvgIpc) is 3.16. The van der Waals surface area contributed by atoms with Crippen LogP contribution >= 0.6 is 0 Å². The Labute approximate surface area is 190 Å². The van der Waals surface area contributed by atoms with Gasteiger partial charge in [0.2, 0.25) is 0 Å². The van der Waals surface area contributed by atoms with Crippen LogP contribution in [0.3, 0.4) is 0 Å². The number of aromatic nitrogens is 1. The van der Waals surface area contributed by atoms with Gasteiger partial charge in [0, 0.05) is 27.8 Å². The van der Waals surface area contributed by atoms with Gasteiger partial charge in [-0.3, -0.25) is 4.79 Å². The number of carbonyl (C=O) groups is 1. The van der Waals surface area contributed by atoms with Crippen molar-refractivity contribution >= 4 is 16.9 Å².